The van der Waals surface area contributed by atoms with Gasteiger partial charge in [-0.3, -0.25) is 0 Å². The van der Waals surface area contributed by atoms with Crippen LogP contribution in [0.4, 0.5) is 0 Å². The summed E-state index contributed by atoms with van der Waals surface area (Å²) >= 11 is 1.93. The molecule has 0 saturated carbocycles. The van der Waals surface area contributed by atoms with E-state index in [1.54, 1.807) is 10.4 Å². The van der Waals surface area contributed by atoms with Gasteiger partial charge in [-0.1, -0.05) is 13.8 Å². The maximum absolute atomic E-state index is 5.83. The van der Waals surface area contributed by atoms with Crippen molar-refractivity contribution in [3.63, 3.8) is 0 Å². The van der Waals surface area contributed by atoms with Crippen molar-refractivity contribution in [2.75, 3.05) is 19.8 Å². The number of rotatable bonds is 8. The minimum atomic E-state index is 0.486. The van der Waals surface area contributed by atoms with Gasteiger partial charge in [-0.15, -0.1) is 11.3 Å². The van der Waals surface area contributed by atoms with E-state index in [0.717, 1.165) is 26.2 Å². The van der Waals surface area contributed by atoms with E-state index in [4.69, 9.17) is 4.74 Å². The van der Waals surface area contributed by atoms with Gasteiger partial charge in [0.05, 0.1) is 6.61 Å². The molecular formula is C16H27NOS. The van der Waals surface area contributed by atoms with Crippen LogP contribution < -0.4 is 5.32 Å². The van der Waals surface area contributed by atoms with Crippen LogP contribution >= 0.6 is 11.3 Å². The van der Waals surface area contributed by atoms with Crippen LogP contribution in [0.15, 0.2) is 11.4 Å². The Balaban J connectivity index is 2.01. The molecule has 0 amide bonds. The monoisotopic (exact) mass is 281 g/mol. The van der Waals surface area contributed by atoms with Crippen LogP contribution in [-0.4, -0.2) is 25.8 Å². The molecular weight excluding hydrogens is 254 g/mol. The van der Waals surface area contributed by atoms with Crippen molar-refractivity contribution in [1.82, 2.24) is 5.32 Å². The number of ether oxygens (including phenoxy) is 1. The molecule has 2 nitrogen and oxygen atoms in total. The van der Waals surface area contributed by atoms with Gasteiger partial charge in [-0.25, -0.2) is 0 Å². The summed E-state index contributed by atoms with van der Waals surface area (Å²) in [6.45, 7) is 7.23. The largest absolute Gasteiger partial charge is 0.380 e. The van der Waals surface area contributed by atoms with Gasteiger partial charge in [0.2, 0.25) is 0 Å². The van der Waals surface area contributed by atoms with Crippen LogP contribution in [0.2, 0.25) is 0 Å². The Morgan fingerprint density at radius 2 is 2.32 bits per heavy atom. The molecule has 1 N–H and O–H groups in total. The van der Waals surface area contributed by atoms with Crippen LogP contribution in [0.5, 0.6) is 0 Å². The highest BCUT2D eigenvalue weighted by molar-refractivity contribution is 7.10. The minimum absolute atomic E-state index is 0.486. The lowest BCUT2D eigenvalue weighted by atomic mass is 9.82. The summed E-state index contributed by atoms with van der Waals surface area (Å²) in [6, 6.07) is 2.82. The number of nitrogens with one attached hydrogen (secondary N) is 1. The summed E-state index contributed by atoms with van der Waals surface area (Å²) in [4.78, 5) is 1.61. The Hall–Kier alpha value is -0.380. The lowest BCUT2D eigenvalue weighted by Crippen LogP contribution is -2.40. The Kier molecular flexibility index (Phi) is 6.35. The first-order chi connectivity index (χ1) is 9.36. The van der Waals surface area contributed by atoms with E-state index in [9.17, 15) is 0 Å². The summed E-state index contributed by atoms with van der Waals surface area (Å²) in [5.74, 6) is 0.651. The first-order valence-electron chi connectivity index (χ1n) is 7.74. The molecule has 1 aromatic heterocycles. The fraction of sp³-hybridized carbons (Fsp3) is 0.750. The van der Waals surface area contributed by atoms with Crippen molar-refractivity contribution in [3.8, 4) is 0 Å². The van der Waals surface area contributed by atoms with Crippen LogP contribution in [0.25, 0.3) is 0 Å². The number of hydrogen-bond donors (Lipinski definition) is 1. The second-order valence-electron chi connectivity index (χ2n) is 5.43. The second kappa shape index (κ2) is 8.03. The average Bonchev–Trinajstić information content (AvgIpc) is 2.91. The highest BCUT2D eigenvalue weighted by Crippen LogP contribution is 2.37. The van der Waals surface area contributed by atoms with Gasteiger partial charge in [-0.2, -0.15) is 0 Å². The number of fused-ring (bicyclic) bond motifs is 1. The zero-order valence-electron chi connectivity index (χ0n) is 12.3. The van der Waals surface area contributed by atoms with Gasteiger partial charge in [0.15, 0.2) is 0 Å². The molecule has 1 aliphatic rings. The molecule has 19 heavy (non-hydrogen) atoms. The van der Waals surface area contributed by atoms with Crippen molar-refractivity contribution < 1.29 is 4.74 Å². The van der Waals surface area contributed by atoms with Crippen molar-refractivity contribution in [2.45, 2.75) is 57.9 Å². The quantitative estimate of drug-likeness (QED) is 0.728. The number of thiophene rings is 1. The lowest BCUT2D eigenvalue weighted by Gasteiger charge is -2.31. The Bertz CT molecular complexity index is 363. The molecule has 0 aromatic carbocycles. The Labute approximate surface area is 121 Å². The third-order valence-electron chi connectivity index (χ3n) is 3.89. The van der Waals surface area contributed by atoms with E-state index in [0.29, 0.717) is 12.0 Å². The van der Waals surface area contributed by atoms with Crippen molar-refractivity contribution in [2.24, 2.45) is 0 Å². The summed E-state index contributed by atoms with van der Waals surface area (Å²) in [6.07, 6.45) is 6.21. The first kappa shape index (κ1) is 15.0. The SMILES string of the molecule is CCCNC(COCCC)C1CCCc2sccc21. The molecule has 108 valence electrons. The van der Waals surface area contributed by atoms with Crippen LogP contribution in [0.3, 0.4) is 0 Å². The molecule has 0 saturated heterocycles. The molecule has 2 rings (SSSR count). The fourth-order valence-corrected chi connectivity index (χ4v) is 3.94. The smallest absolute Gasteiger partial charge is 0.0625 e. The van der Waals surface area contributed by atoms with Crippen molar-refractivity contribution >= 4 is 11.3 Å². The summed E-state index contributed by atoms with van der Waals surface area (Å²) in [7, 11) is 0. The van der Waals surface area contributed by atoms with Crippen LogP contribution in [-0.2, 0) is 11.2 Å². The number of aryl methyl sites for hydroxylation is 1. The molecule has 1 aromatic rings. The zero-order valence-corrected chi connectivity index (χ0v) is 13.1. The topological polar surface area (TPSA) is 21.3 Å². The standard InChI is InChI=1S/C16H27NOS/c1-3-9-17-15(12-18-10-4-2)13-6-5-7-16-14(13)8-11-19-16/h8,11,13,15,17H,3-7,9-10,12H2,1-2H3. The van der Waals surface area contributed by atoms with Crippen LogP contribution in [0, 0.1) is 0 Å². The predicted octanol–water partition coefficient (Wildman–Crippen LogP) is 3.96. The highest BCUT2D eigenvalue weighted by Gasteiger charge is 2.28. The van der Waals surface area contributed by atoms with E-state index >= 15 is 0 Å². The third-order valence-corrected chi connectivity index (χ3v) is 4.88. The average molecular weight is 281 g/mol. The molecule has 2 unspecified atom stereocenters. The van der Waals surface area contributed by atoms with Crippen molar-refractivity contribution in [3.05, 3.63) is 21.9 Å². The molecule has 2 atom stereocenters. The minimum Gasteiger partial charge on any atom is -0.380 e. The van der Waals surface area contributed by atoms with Gasteiger partial charge < -0.3 is 10.1 Å². The molecule has 0 radical (unpaired) electrons. The summed E-state index contributed by atoms with van der Waals surface area (Å²) < 4.78 is 5.83. The van der Waals surface area contributed by atoms with E-state index < -0.39 is 0 Å². The van der Waals surface area contributed by atoms with Crippen molar-refractivity contribution in [1.29, 1.82) is 0 Å². The first-order valence-corrected chi connectivity index (χ1v) is 8.62. The van der Waals surface area contributed by atoms with Gasteiger partial charge in [0.25, 0.3) is 0 Å². The Morgan fingerprint density at radius 3 is 3.11 bits per heavy atom. The second-order valence-corrected chi connectivity index (χ2v) is 6.43. The van der Waals surface area contributed by atoms with Gasteiger partial charge in [-0.05, 0) is 55.7 Å². The van der Waals surface area contributed by atoms with E-state index in [2.05, 4.69) is 30.6 Å². The molecule has 3 heteroatoms. The molecule has 1 heterocycles. The zero-order chi connectivity index (χ0) is 13.5. The molecule has 0 spiro atoms. The van der Waals surface area contributed by atoms with E-state index in [1.165, 1.54) is 25.7 Å². The summed E-state index contributed by atoms with van der Waals surface area (Å²) in [5, 5.41) is 5.97. The highest BCUT2D eigenvalue weighted by atomic mass is 32.1. The maximum atomic E-state index is 5.83. The normalized spacial score (nSPS) is 20.2. The maximum Gasteiger partial charge on any atom is 0.0625 e. The molecule has 1 aliphatic carbocycles. The van der Waals surface area contributed by atoms with Gasteiger partial charge >= 0.3 is 0 Å². The van der Waals surface area contributed by atoms with E-state index in [-0.39, 0.29) is 0 Å². The lowest BCUT2D eigenvalue weighted by molar-refractivity contribution is 0.101. The molecule has 0 bridgehead atoms. The van der Waals surface area contributed by atoms with Crippen LogP contribution in [0.1, 0.15) is 55.9 Å². The summed E-state index contributed by atoms with van der Waals surface area (Å²) in [5.41, 5.74) is 1.59. The number of hydrogen-bond acceptors (Lipinski definition) is 3. The predicted molar refractivity (Wildman–Crippen MR) is 83.2 cm³/mol. The van der Waals surface area contributed by atoms with Gasteiger partial charge in [0, 0.05) is 23.4 Å². The fourth-order valence-electron chi connectivity index (χ4n) is 2.94. The molecule has 0 aliphatic heterocycles. The van der Waals surface area contributed by atoms with Gasteiger partial charge in [0.1, 0.15) is 0 Å². The van der Waals surface area contributed by atoms with E-state index in [1.807, 2.05) is 11.3 Å². The molecule has 0 fully saturated rings. The Morgan fingerprint density at radius 1 is 1.42 bits per heavy atom. The third kappa shape index (κ3) is 4.04.